The molecule has 0 atom stereocenters. The molecule has 1 amide bonds. The Morgan fingerprint density at radius 2 is 1.69 bits per heavy atom. The van der Waals surface area contributed by atoms with Gasteiger partial charge >= 0.3 is 0 Å². The molecule has 1 N–H and O–H groups in total. The number of nitrogens with zero attached hydrogens (tertiary/aromatic N) is 2. The minimum absolute atomic E-state index is 0.231. The van der Waals surface area contributed by atoms with Gasteiger partial charge in [-0.25, -0.2) is 0 Å². The summed E-state index contributed by atoms with van der Waals surface area (Å²) in [7, 11) is 0. The van der Waals surface area contributed by atoms with Crippen molar-refractivity contribution in [3.63, 3.8) is 0 Å². The van der Waals surface area contributed by atoms with Gasteiger partial charge in [-0.3, -0.25) is 19.1 Å². The Morgan fingerprint density at radius 3 is 2.46 bits per heavy atom. The molecule has 0 spiro atoms. The van der Waals surface area contributed by atoms with Crippen LogP contribution in [0, 0.1) is 0 Å². The van der Waals surface area contributed by atoms with Gasteiger partial charge in [0.1, 0.15) is 5.69 Å². The van der Waals surface area contributed by atoms with Crippen LogP contribution in [0.3, 0.4) is 0 Å². The van der Waals surface area contributed by atoms with Gasteiger partial charge in [0, 0.05) is 17.3 Å². The van der Waals surface area contributed by atoms with Gasteiger partial charge in [-0.2, -0.15) is 0 Å². The summed E-state index contributed by atoms with van der Waals surface area (Å²) in [5, 5.41) is 4.09. The van der Waals surface area contributed by atoms with E-state index in [1.807, 2.05) is 36.4 Å². The van der Waals surface area contributed by atoms with Crippen molar-refractivity contribution in [2.24, 2.45) is 0 Å². The Labute approximate surface area is 149 Å². The monoisotopic (exact) mass is 341 g/mol. The van der Waals surface area contributed by atoms with E-state index >= 15 is 0 Å². The molecule has 2 aromatic heterocycles. The van der Waals surface area contributed by atoms with Crippen molar-refractivity contribution in [2.45, 2.75) is 0 Å². The molecule has 126 valence electrons. The number of pyridine rings is 2. The van der Waals surface area contributed by atoms with E-state index in [0.29, 0.717) is 16.8 Å². The Bertz CT molecular complexity index is 1140. The standard InChI is InChI=1S/C21H15N3O2/c25-20(23-16-8-6-12-22-14-16)19-13-15-7-4-5-11-18(15)21(26)24(19)17-9-2-1-3-10-17/h1-14H,(H,23,25). The van der Waals surface area contributed by atoms with Gasteiger partial charge in [-0.05, 0) is 41.8 Å². The average Bonchev–Trinajstić information content (AvgIpc) is 2.69. The molecule has 2 aromatic carbocycles. The molecule has 4 rings (SSSR count). The zero-order valence-electron chi connectivity index (χ0n) is 13.8. The van der Waals surface area contributed by atoms with Crippen LogP contribution in [0.25, 0.3) is 16.5 Å². The second kappa shape index (κ2) is 6.64. The molecule has 26 heavy (non-hydrogen) atoms. The number of fused-ring (bicyclic) bond motifs is 1. The molecular weight excluding hydrogens is 326 g/mol. The second-order valence-corrected chi connectivity index (χ2v) is 5.79. The fourth-order valence-corrected chi connectivity index (χ4v) is 2.89. The van der Waals surface area contributed by atoms with Crippen LogP contribution in [-0.4, -0.2) is 15.5 Å². The number of benzene rings is 2. The van der Waals surface area contributed by atoms with E-state index in [9.17, 15) is 9.59 Å². The molecule has 0 aliphatic carbocycles. The molecule has 0 aliphatic heterocycles. The quantitative estimate of drug-likeness (QED) is 0.619. The predicted octanol–water partition coefficient (Wildman–Crippen LogP) is 3.64. The third-order valence-corrected chi connectivity index (χ3v) is 4.09. The van der Waals surface area contributed by atoms with Crippen LogP contribution < -0.4 is 10.9 Å². The second-order valence-electron chi connectivity index (χ2n) is 5.79. The molecule has 0 unspecified atom stereocenters. The van der Waals surface area contributed by atoms with Gasteiger partial charge in [-0.15, -0.1) is 0 Å². The first kappa shape index (κ1) is 15.8. The lowest BCUT2D eigenvalue weighted by atomic mass is 10.1. The van der Waals surface area contributed by atoms with E-state index in [1.165, 1.54) is 4.57 Å². The van der Waals surface area contributed by atoms with Gasteiger partial charge in [0.05, 0.1) is 11.9 Å². The molecule has 0 saturated heterocycles. The van der Waals surface area contributed by atoms with E-state index in [0.717, 1.165) is 5.39 Å². The maximum atomic E-state index is 13.1. The molecular formula is C21H15N3O2. The van der Waals surface area contributed by atoms with E-state index in [4.69, 9.17) is 0 Å². The highest BCUT2D eigenvalue weighted by atomic mass is 16.2. The number of carbonyl (C=O) groups is 1. The molecule has 5 nitrogen and oxygen atoms in total. The minimum Gasteiger partial charge on any atom is -0.319 e. The number of para-hydroxylation sites is 1. The van der Waals surface area contributed by atoms with Crippen LogP contribution in [0.2, 0.25) is 0 Å². The summed E-state index contributed by atoms with van der Waals surface area (Å²) >= 11 is 0. The fraction of sp³-hybridized carbons (Fsp3) is 0. The molecule has 0 saturated carbocycles. The van der Waals surface area contributed by atoms with Crippen LogP contribution in [0.4, 0.5) is 5.69 Å². The van der Waals surface area contributed by atoms with Gasteiger partial charge in [0.25, 0.3) is 11.5 Å². The molecule has 5 heteroatoms. The average molecular weight is 341 g/mol. The summed E-state index contributed by atoms with van der Waals surface area (Å²) in [5.41, 5.74) is 1.24. The lowest BCUT2D eigenvalue weighted by Crippen LogP contribution is -2.27. The van der Waals surface area contributed by atoms with Gasteiger partial charge in [0.2, 0.25) is 0 Å². The summed E-state index contributed by atoms with van der Waals surface area (Å²) in [6, 6.07) is 21.6. The normalized spacial score (nSPS) is 10.6. The number of hydrogen-bond acceptors (Lipinski definition) is 3. The largest absolute Gasteiger partial charge is 0.319 e. The first-order valence-corrected chi connectivity index (χ1v) is 8.15. The number of hydrogen-bond donors (Lipinski definition) is 1. The summed E-state index contributed by atoms with van der Waals surface area (Å²) in [6.07, 6.45) is 3.19. The topological polar surface area (TPSA) is 64.0 Å². The van der Waals surface area contributed by atoms with Gasteiger partial charge < -0.3 is 5.32 Å². The van der Waals surface area contributed by atoms with E-state index in [1.54, 1.807) is 48.8 Å². The molecule has 0 radical (unpaired) electrons. The van der Waals surface area contributed by atoms with Crippen molar-refractivity contribution in [1.29, 1.82) is 0 Å². The highest BCUT2D eigenvalue weighted by molar-refractivity contribution is 6.05. The first-order chi connectivity index (χ1) is 12.7. The number of anilines is 1. The van der Waals surface area contributed by atoms with Gasteiger partial charge in [-0.1, -0.05) is 36.4 Å². The lowest BCUT2D eigenvalue weighted by Gasteiger charge is -2.14. The summed E-state index contributed by atoms with van der Waals surface area (Å²) in [4.78, 5) is 30.0. The van der Waals surface area contributed by atoms with E-state index < -0.39 is 0 Å². The fourth-order valence-electron chi connectivity index (χ4n) is 2.89. The lowest BCUT2D eigenvalue weighted by molar-refractivity contribution is 0.102. The Morgan fingerprint density at radius 1 is 0.923 bits per heavy atom. The smallest absolute Gasteiger partial charge is 0.272 e. The minimum atomic E-state index is -0.371. The first-order valence-electron chi connectivity index (χ1n) is 8.15. The number of nitrogens with one attached hydrogen (secondary N) is 1. The zero-order chi connectivity index (χ0) is 17.9. The molecule has 0 aliphatic rings. The Balaban J connectivity index is 1.92. The predicted molar refractivity (Wildman–Crippen MR) is 102 cm³/mol. The SMILES string of the molecule is O=C(Nc1cccnc1)c1cc2ccccc2c(=O)n1-c1ccccc1. The van der Waals surface area contributed by atoms with Crippen LogP contribution in [0.5, 0.6) is 0 Å². The number of rotatable bonds is 3. The highest BCUT2D eigenvalue weighted by Crippen LogP contribution is 2.17. The van der Waals surface area contributed by atoms with Crippen molar-refractivity contribution >= 4 is 22.4 Å². The summed E-state index contributed by atoms with van der Waals surface area (Å²) in [6.45, 7) is 0. The highest BCUT2D eigenvalue weighted by Gasteiger charge is 2.17. The number of aromatic nitrogens is 2. The van der Waals surface area contributed by atoms with Crippen LogP contribution in [-0.2, 0) is 0 Å². The van der Waals surface area contributed by atoms with Crippen molar-refractivity contribution < 1.29 is 4.79 Å². The van der Waals surface area contributed by atoms with E-state index in [2.05, 4.69) is 10.3 Å². The third-order valence-electron chi connectivity index (χ3n) is 4.09. The molecule has 0 bridgehead atoms. The summed E-state index contributed by atoms with van der Waals surface area (Å²) in [5.74, 6) is -0.371. The van der Waals surface area contributed by atoms with Crippen molar-refractivity contribution in [1.82, 2.24) is 9.55 Å². The van der Waals surface area contributed by atoms with Gasteiger partial charge in [0.15, 0.2) is 0 Å². The van der Waals surface area contributed by atoms with Crippen molar-refractivity contribution in [2.75, 3.05) is 5.32 Å². The molecule has 2 heterocycles. The Kier molecular flexibility index (Phi) is 4.03. The van der Waals surface area contributed by atoms with E-state index in [-0.39, 0.29) is 17.2 Å². The Hall–Kier alpha value is -3.73. The van der Waals surface area contributed by atoms with Crippen LogP contribution in [0.1, 0.15) is 10.5 Å². The van der Waals surface area contributed by atoms with Crippen molar-refractivity contribution in [3.05, 3.63) is 101 Å². The molecule has 0 fully saturated rings. The number of amides is 1. The van der Waals surface area contributed by atoms with Crippen LogP contribution in [0.15, 0.2) is 90.0 Å². The zero-order valence-corrected chi connectivity index (χ0v) is 13.8. The summed E-state index contributed by atoms with van der Waals surface area (Å²) < 4.78 is 1.44. The molecule has 4 aromatic rings. The van der Waals surface area contributed by atoms with Crippen molar-refractivity contribution in [3.8, 4) is 5.69 Å². The number of carbonyl (C=O) groups excluding carboxylic acids is 1. The maximum Gasteiger partial charge on any atom is 0.272 e. The maximum absolute atomic E-state index is 13.1. The third kappa shape index (κ3) is 2.86. The van der Waals surface area contributed by atoms with Crippen LogP contribution >= 0.6 is 0 Å².